The van der Waals surface area contributed by atoms with Gasteiger partial charge in [-0.3, -0.25) is 16.0 Å². The van der Waals surface area contributed by atoms with Gasteiger partial charge in [-0.15, -0.1) is 0 Å². The van der Waals surface area contributed by atoms with Gasteiger partial charge in [-0.1, -0.05) is 0 Å². The van der Waals surface area contributed by atoms with Gasteiger partial charge in [0.15, 0.2) is 0 Å². The average molecular weight is 473 g/mol. The molecular formula is C22H38N3O4S2+. The van der Waals surface area contributed by atoms with Crippen molar-refractivity contribution in [1.82, 2.24) is 0 Å². The molecule has 2 atom stereocenters. The number of quaternary nitrogens is 1. The lowest BCUT2D eigenvalue weighted by Crippen LogP contribution is -2.92. The van der Waals surface area contributed by atoms with E-state index in [1.54, 1.807) is 23.5 Å². The Balaban J connectivity index is 1.97. The minimum Gasteiger partial charge on any atom is -0.457 e. The van der Waals surface area contributed by atoms with E-state index in [2.05, 4.69) is 0 Å². The molecule has 6 aliphatic rings. The van der Waals surface area contributed by atoms with Crippen molar-refractivity contribution in [3.05, 3.63) is 0 Å². The maximum absolute atomic E-state index is 13.8. The number of esters is 2. The summed E-state index contributed by atoms with van der Waals surface area (Å²) >= 11 is 3.33. The van der Waals surface area contributed by atoms with Gasteiger partial charge in [0, 0.05) is 50.0 Å². The van der Waals surface area contributed by atoms with Gasteiger partial charge in [0.05, 0.1) is 12.1 Å². The zero-order chi connectivity index (χ0) is 22.3. The van der Waals surface area contributed by atoms with E-state index in [1.807, 2.05) is 12.5 Å². The Labute approximate surface area is 194 Å². The molecule has 4 bridgehead atoms. The van der Waals surface area contributed by atoms with Crippen molar-refractivity contribution < 1.29 is 23.5 Å². The summed E-state index contributed by atoms with van der Waals surface area (Å²) in [4.78, 5) is 27.6. The van der Waals surface area contributed by atoms with Gasteiger partial charge in [0.2, 0.25) is 0 Å². The number of fused-ring (bicyclic) bond motifs is 8. The van der Waals surface area contributed by atoms with E-state index in [9.17, 15) is 9.59 Å². The first-order valence-corrected chi connectivity index (χ1v) is 14.5. The van der Waals surface area contributed by atoms with Gasteiger partial charge in [-0.25, -0.2) is 9.59 Å². The van der Waals surface area contributed by atoms with Crippen molar-refractivity contribution in [2.75, 3.05) is 24.0 Å². The fraction of sp³-hybridized carbons (Fsp3) is 0.909. The Hall–Kier alpha value is -0.480. The number of rotatable bonds is 6. The average Bonchev–Trinajstić information content (AvgIpc) is 2.77. The van der Waals surface area contributed by atoms with Crippen LogP contribution >= 0.6 is 23.5 Å². The minimum absolute atomic E-state index is 0.0648. The number of nitrogens with zero attached hydrogens (tertiary/aromatic N) is 1. The van der Waals surface area contributed by atoms with Crippen molar-refractivity contribution in [2.45, 2.75) is 99.8 Å². The van der Waals surface area contributed by atoms with E-state index in [-0.39, 0.29) is 40.7 Å². The predicted molar refractivity (Wildman–Crippen MR) is 124 cm³/mol. The third-order valence-corrected chi connectivity index (χ3v) is 9.61. The van der Waals surface area contributed by atoms with Gasteiger partial charge in [0.1, 0.15) is 12.2 Å². The van der Waals surface area contributed by atoms with Crippen molar-refractivity contribution >= 4 is 35.5 Å². The van der Waals surface area contributed by atoms with E-state index in [0.29, 0.717) is 24.3 Å². The second-order valence-electron chi connectivity index (χ2n) is 9.78. The summed E-state index contributed by atoms with van der Waals surface area (Å²) < 4.78 is 12.2. The van der Waals surface area contributed by atoms with E-state index in [4.69, 9.17) is 20.9 Å². The SMILES string of the molecule is CSCCC1(N)C(=O)OC2CCC(CC2)[N+]12C1CCC(CC1)OC(=O)C2(N)CCSC. The highest BCUT2D eigenvalue weighted by atomic mass is 32.2. The summed E-state index contributed by atoms with van der Waals surface area (Å²) in [5.74, 6) is 0.689. The number of nitrogens with two attached hydrogens (primary N) is 2. The number of thioether (sulfide) groups is 2. The van der Waals surface area contributed by atoms with Gasteiger partial charge in [-0.2, -0.15) is 23.5 Å². The largest absolute Gasteiger partial charge is 0.457 e. The molecule has 6 fully saturated rings. The summed E-state index contributed by atoms with van der Waals surface area (Å²) in [6.45, 7) is 0. The van der Waals surface area contributed by atoms with E-state index in [1.165, 1.54) is 0 Å². The van der Waals surface area contributed by atoms with Crippen LogP contribution in [0.4, 0.5) is 0 Å². The summed E-state index contributed by atoms with van der Waals surface area (Å²) in [6.07, 6.45) is 11.6. The second kappa shape index (κ2) is 9.05. The van der Waals surface area contributed by atoms with Crippen LogP contribution in [0.1, 0.15) is 64.2 Å². The number of carbonyl (C=O) groups excluding carboxylic acids is 2. The summed E-state index contributed by atoms with van der Waals surface area (Å²) in [5.41, 5.74) is 11.8. The zero-order valence-corrected chi connectivity index (χ0v) is 20.5. The molecule has 2 unspecified atom stereocenters. The molecule has 4 heterocycles. The highest BCUT2D eigenvalue weighted by Crippen LogP contribution is 2.53. The Kier molecular flexibility index (Phi) is 6.91. The molecule has 0 aromatic rings. The Morgan fingerprint density at radius 3 is 1.45 bits per heavy atom. The number of ether oxygens (including phenoxy) is 2. The standard InChI is InChI=1S/C22H38N3O4S2/c1-30-13-11-21(23)19(26)28-17-7-3-15(4-8-17)25(21)16-5-9-18(10-6-16)29-20(27)22(25,24)12-14-31-2/h15-18H,3-14,23-24H2,1-2H3/q+1. The predicted octanol–water partition coefficient (Wildman–Crippen LogP) is 2.36. The van der Waals surface area contributed by atoms with E-state index >= 15 is 0 Å². The third-order valence-electron chi connectivity index (χ3n) is 8.39. The molecule has 0 aromatic heterocycles. The third kappa shape index (κ3) is 3.54. The Bertz CT molecular complexity index is 636. The molecule has 4 aliphatic heterocycles. The van der Waals surface area contributed by atoms with Crippen LogP contribution < -0.4 is 11.5 Å². The van der Waals surface area contributed by atoms with Crippen LogP contribution in [0.5, 0.6) is 0 Å². The first kappa shape index (κ1) is 23.7. The number of carbonyl (C=O) groups is 2. The van der Waals surface area contributed by atoms with Gasteiger partial charge >= 0.3 is 11.9 Å². The lowest BCUT2D eigenvalue weighted by atomic mass is 9.74. The molecule has 7 nitrogen and oxygen atoms in total. The molecule has 4 N–H and O–H groups in total. The van der Waals surface area contributed by atoms with Crippen LogP contribution in [0.25, 0.3) is 0 Å². The molecule has 31 heavy (non-hydrogen) atoms. The lowest BCUT2D eigenvalue weighted by Gasteiger charge is -2.67. The second-order valence-corrected chi connectivity index (χ2v) is 11.8. The minimum atomic E-state index is -1.35. The van der Waals surface area contributed by atoms with E-state index < -0.39 is 11.3 Å². The van der Waals surface area contributed by atoms with Crippen molar-refractivity contribution in [2.24, 2.45) is 11.5 Å². The first-order valence-electron chi connectivity index (χ1n) is 11.7. The monoisotopic (exact) mass is 472 g/mol. The molecule has 0 amide bonds. The van der Waals surface area contributed by atoms with Crippen LogP contribution in [0.15, 0.2) is 0 Å². The summed E-state index contributed by atoms with van der Waals surface area (Å²) in [5, 5.41) is 0. The highest BCUT2D eigenvalue weighted by Gasteiger charge is 2.74. The summed E-state index contributed by atoms with van der Waals surface area (Å²) in [7, 11) is 0. The molecule has 9 heteroatoms. The van der Waals surface area contributed by atoms with Crippen LogP contribution in [0, 0.1) is 0 Å². The van der Waals surface area contributed by atoms with Crippen LogP contribution in [0.2, 0.25) is 0 Å². The van der Waals surface area contributed by atoms with E-state index in [0.717, 1.165) is 51.4 Å². The van der Waals surface area contributed by atoms with Gasteiger partial charge in [0.25, 0.3) is 11.3 Å². The topological polar surface area (TPSA) is 105 Å². The molecule has 2 saturated carbocycles. The molecule has 176 valence electrons. The molecule has 2 aliphatic carbocycles. The first-order chi connectivity index (χ1) is 14.8. The van der Waals surface area contributed by atoms with Crippen molar-refractivity contribution in [3.63, 3.8) is 0 Å². The number of hydrogen-bond donors (Lipinski definition) is 2. The lowest BCUT2D eigenvalue weighted by molar-refractivity contribution is -1.05. The molecule has 1 spiro atoms. The van der Waals surface area contributed by atoms with Gasteiger partial charge in [-0.05, 0) is 38.2 Å². The number of hydrogen-bond acceptors (Lipinski definition) is 8. The van der Waals surface area contributed by atoms with Crippen LogP contribution in [-0.2, 0) is 19.1 Å². The normalized spacial score (nSPS) is 44.9. The highest BCUT2D eigenvalue weighted by molar-refractivity contribution is 7.98. The molecular weight excluding hydrogens is 434 g/mol. The molecule has 6 rings (SSSR count). The van der Waals surface area contributed by atoms with Crippen LogP contribution in [-0.4, -0.2) is 76.1 Å². The zero-order valence-electron chi connectivity index (χ0n) is 18.8. The molecule has 4 saturated heterocycles. The smallest absolute Gasteiger partial charge is 0.384 e. The maximum atomic E-state index is 13.8. The van der Waals surface area contributed by atoms with Crippen molar-refractivity contribution in [1.29, 1.82) is 0 Å². The molecule has 0 radical (unpaired) electrons. The Morgan fingerprint density at radius 2 is 1.13 bits per heavy atom. The fourth-order valence-corrected chi connectivity index (χ4v) is 8.03. The maximum Gasteiger partial charge on any atom is 0.384 e. The van der Waals surface area contributed by atoms with Crippen LogP contribution in [0.3, 0.4) is 0 Å². The summed E-state index contributed by atoms with van der Waals surface area (Å²) in [6, 6.07) is 0.130. The quantitative estimate of drug-likeness (QED) is 0.448. The Morgan fingerprint density at radius 1 is 0.774 bits per heavy atom. The molecule has 0 aromatic carbocycles. The van der Waals surface area contributed by atoms with Crippen molar-refractivity contribution in [3.8, 4) is 0 Å². The fourth-order valence-electron chi connectivity index (χ4n) is 7.00. The van der Waals surface area contributed by atoms with Gasteiger partial charge < -0.3 is 9.47 Å².